The molecule has 1 aromatic heterocycles. The molecule has 21 heavy (non-hydrogen) atoms. The highest BCUT2D eigenvalue weighted by molar-refractivity contribution is 5.18. The predicted octanol–water partition coefficient (Wildman–Crippen LogP) is 3.43. The van der Waals surface area contributed by atoms with E-state index >= 15 is 0 Å². The molecule has 0 radical (unpaired) electrons. The quantitative estimate of drug-likeness (QED) is 0.847. The first-order valence-corrected chi connectivity index (χ1v) is 7.53. The van der Waals surface area contributed by atoms with Crippen molar-refractivity contribution in [3.05, 3.63) is 47.6 Å². The molecular weight excluding hydrogens is 262 g/mol. The zero-order valence-electron chi connectivity index (χ0n) is 13.4. The summed E-state index contributed by atoms with van der Waals surface area (Å²) in [6, 6.07) is 10.2. The van der Waals surface area contributed by atoms with E-state index in [4.69, 9.17) is 4.52 Å². The van der Waals surface area contributed by atoms with Crippen LogP contribution in [-0.4, -0.2) is 16.7 Å². The van der Waals surface area contributed by atoms with Crippen molar-refractivity contribution in [2.75, 3.05) is 6.54 Å². The van der Waals surface area contributed by atoms with Gasteiger partial charge in [-0.25, -0.2) is 0 Å². The molecule has 0 saturated heterocycles. The van der Waals surface area contributed by atoms with Gasteiger partial charge in [0.25, 0.3) is 0 Å². The molecule has 2 rings (SSSR count). The summed E-state index contributed by atoms with van der Waals surface area (Å²) in [5.74, 6) is 2.02. The van der Waals surface area contributed by atoms with Crippen LogP contribution in [0.25, 0.3) is 0 Å². The van der Waals surface area contributed by atoms with Crippen molar-refractivity contribution in [2.45, 2.75) is 40.7 Å². The lowest BCUT2D eigenvalue weighted by Gasteiger charge is -2.29. The van der Waals surface area contributed by atoms with Crippen LogP contribution in [0, 0.1) is 11.3 Å². The minimum absolute atomic E-state index is 0.257. The number of aromatic nitrogens is 2. The van der Waals surface area contributed by atoms with Crippen LogP contribution in [0.1, 0.15) is 45.0 Å². The lowest BCUT2D eigenvalue weighted by atomic mass is 9.81. The van der Waals surface area contributed by atoms with Gasteiger partial charge in [-0.3, -0.25) is 0 Å². The Kier molecular flexibility index (Phi) is 5.12. The van der Waals surface area contributed by atoms with Gasteiger partial charge in [0.1, 0.15) is 0 Å². The molecule has 0 fully saturated rings. The van der Waals surface area contributed by atoms with E-state index in [0.29, 0.717) is 24.8 Å². The summed E-state index contributed by atoms with van der Waals surface area (Å²) in [6.45, 7) is 10.6. The molecular formula is C17H25N3O. The molecule has 0 amide bonds. The molecule has 0 aliphatic heterocycles. The van der Waals surface area contributed by atoms with Crippen molar-refractivity contribution < 1.29 is 4.52 Å². The van der Waals surface area contributed by atoms with Gasteiger partial charge < -0.3 is 9.84 Å². The van der Waals surface area contributed by atoms with E-state index in [2.05, 4.69) is 55.3 Å². The number of benzene rings is 1. The molecule has 1 heterocycles. The van der Waals surface area contributed by atoms with Crippen molar-refractivity contribution in [1.82, 2.24) is 15.5 Å². The normalized spacial score (nSPS) is 12.0. The molecule has 1 aromatic carbocycles. The number of nitrogens with zero attached hydrogens (tertiary/aromatic N) is 2. The Hall–Kier alpha value is -1.68. The summed E-state index contributed by atoms with van der Waals surface area (Å²) >= 11 is 0. The summed E-state index contributed by atoms with van der Waals surface area (Å²) in [6.07, 6.45) is 0.710. The molecule has 114 valence electrons. The maximum absolute atomic E-state index is 5.29. The number of hydrogen-bond donors (Lipinski definition) is 1. The van der Waals surface area contributed by atoms with Gasteiger partial charge in [-0.15, -0.1) is 0 Å². The average molecular weight is 287 g/mol. The second-order valence-electron chi connectivity index (χ2n) is 6.51. The monoisotopic (exact) mass is 287 g/mol. The topological polar surface area (TPSA) is 51.0 Å². The van der Waals surface area contributed by atoms with E-state index in [1.807, 2.05) is 18.2 Å². The third kappa shape index (κ3) is 4.67. The fraction of sp³-hybridized carbons (Fsp3) is 0.529. The first-order chi connectivity index (χ1) is 9.97. The number of rotatable bonds is 7. The summed E-state index contributed by atoms with van der Waals surface area (Å²) in [7, 11) is 0. The van der Waals surface area contributed by atoms with Gasteiger partial charge in [-0.2, -0.15) is 4.98 Å². The first kappa shape index (κ1) is 15.7. The van der Waals surface area contributed by atoms with Crippen molar-refractivity contribution in [3.8, 4) is 0 Å². The van der Waals surface area contributed by atoms with E-state index in [0.717, 1.165) is 12.4 Å². The second kappa shape index (κ2) is 6.85. The van der Waals surface area contributed by atoms with Gasteiger partial charge in [-0.1, -0.05) is 63.2 Å². The molecule has 0 aliphatic rings. The molecule has 0 saturated carbocycles. The Morgan fingerprint density at radius 3 is 2.57 bits per heavy atom. The smallest absolute Gasteiger partial charge is 0.240 e. The maximum Gasteiger partial charge on any atom is 0.240 e. The maximum atomic E-state index is 5.29. The molecule has 0 spiro atoms. The van der Waals surface area contributed by atoms with Gasteiger partial charge in [0.2, 0.25) is 5.89 Å². The van der Waals surface area contributed by atoms with Crippen LogP contribution in [0.3, 0.4) is 0 Å². The third-order valence-corrected chi connectivity index (χ3v) is 4.14. The Morgan fingerprint density at radius 2 is 1.90 bits per heavy atom. The van der Waals surface area contributed by atoms with Gasteiger partial charge in [0.15, 0.2) is 5.82 Å². The van der Waals surface area contributed by atoms with Crippen LogP contribution in [0.5, 0.6) is 0 Å². The molecule has 0 aliphatic carbocycles. The molecule has 0 atom stereocenters. The molecule has 0 unspecified atom stereocenters. The largest absolute Gasteiger partial charge is 0.338 e. The lowest BCUT2D eigenvalue weighted by Crippen LogP contribution is -2.33. The van der Waals surface area contributed by atoms with Crippen molar-refractivity contribution in [1.29, 1.82) is 0 Å². The van der Waals surface area contributed by atoms with E-state index in [1.54, 1.807) is 0 Å². The zero-order chi connectivity index (χ0) is 15.3. The minimum Gasteiger partial charge on any atom is -0.338 e. The minimum atomic E-state index is 0.257. The van der Waals surface area contributed by atoms with Crippen LogP contribution >= 0.6 is 0 Å². The summed E-state index contributed by atoms with van der Waals surface area (Å²) in [5, 5.41) is 7.44. The van der Waals surface area contributed by atoms with Gasteiger partial charge >= 0.3 is 0 Å². The zero-order valence-corrected chi connectivity index (χ0v) is 13.4. The van der Waals surface area contributed by atoms with Crippen LogP contribution in [-0.2, 0) is 13.0 Å². The van der Waals surface area contributed by atoms with Crippen molar-refractivity contribution in [3.63, 3.8) is 0 Å². The highest BCUT2D eigenvalue weighted by Crippen LogP contribution is 2.24. The van der Waals surface area contributed by atoms with Crippen LogP contribution in [0.2, 0.25) is 0 Å². The number of nitrogens with one attached hydrogen (secondary N) is 1. The number of hydrogen-bond acceptors (Lipinski definition) is 4. The van der Waals surface area contributed by atoms with E-state index < -0.39 is 0 Å². The van der Waals surface area contributed by atoms with Gasteiger partial charge in [0, 0.05) is 13.0 Å². The van der Waals surface area contributed by atoms with E-state index in [-0.39, 0.29) is 5.41 Å². The third-order valence-electron chi connectivity index (χ3n) is 4.14. The Labute approximate surface area is 127 Å². The summed E-state index contributed by atoms with van der Waals surface area (Å²) in [5.41, 5.74) is 1.45. The fourth-order valence-electron chi connectivity index (χ4n) is 1.91. The van der Waals surface area contributed by atoms with Crippen molar-refractivity contribution >= 4 is 0 Å². The molecule has 4 heteroatoms. The van der Waals surface area contributed by atoms with Crippen LogP contribution < -0.4 is 5.32 Å². The van der Waals surface area contributed by atoms with Crippen LogP contribution in [0.4, 0.5) is 0 Å². The highest BCUT2D eigenvalue weighted by atomic mass is 16.5. The SMILES string of the molecule is CC(C)C(C)(C)CNCc1nc(Cc2ccccc2)no1. The van der Waals surface area contributed by atoms with Gasteiger partial charge in [-0.05, 0) is 16.9 Å². The highest BCUT2D eigenvalue weighted by Gasteiger charge is 2.21. The Balaban J connectivity index is 1.84. The van der Waals surface area contributed by atoms with Crippen molar-refractivity contribution in [2.24, 2.45) is 11.3 Å². The molecule has 2 aromatic rings. The molecule has 0 bridgehead atoms. The summed E-state index contributed by atoms with van der Waals surface area (Å²) < 4.78 is 5.29. The van der Waals surface area contributed by atoms with E-state index in [1.165, 1.54) is 5.56 Å². The van der Waals surface area contributed by atoms with E-state index in [9.17, 15) is 0 Å². The average Bonchev–Trinajstić information content (AvgIpc) is 2.87. The van der Waals surface area contributed by atoms with Crippen LogP contribution in [0.15, 0.2) is 34.9 Å². The molecule has 1 N–H and O–H groups in total. The summed E-state index contributed by atoms with van der Waals surface area (Å²) in [4.78, 5) is 4.43. The Morgan fingerprint density at radius 1 is 1.19 bits per heavy atom. The Bertz CT molecular complexity index is 546. The standard InChI is InChI=1S/C17H25N3O/c1-13(2)17(3,4)12-18-11-16-19-15(20-21-16)10-14-8-6-5-7-9-14/h5-9,13,18H,10-12H2,1-4H3. The lowest BCUT2D eigenvalue weighted by molar-refractivity contribution is 0.232. The fourth-order valence-corrected chi connectivity index (χ4v) is 1.91. The van der Waals surface area contributed by atoms with Gasteiger partial charge in [0.05, 0.1) is 6.54 Å². The predicted molar refractivity (Wildman–Crippen MR) is 83.9 cm³/mol. The molecule has 4 nitrogen and oxygen atoms in total. The first-order valence-electron chi connectivity index (χ1n) is 7.53. The second-order valence-corrected chi connectivity index (χ2v) is 6.51.